The predicted octanol–water partition coefficient (Wildman–Crippen LogP) is 8.35. The Balaban J connectivity index is 1.76. The Kier molecular flexibility index (Phi) is 11.5. The number of carbonyl (C=O) groups is 1. The highest BCUT2D eigenvalue weighted by atomic mass is 16.5. The Morgan fingerprint density at radius 3 is 2.26 bits per heavy atom. The summed E-state index contributed by atoms with van der Waals surface area (Å²) in [6.07, 6.45) is 16.3. The van der Waals surface area contributed by atoms with Crippen molar-refractivity contribution in [2.45, 2.75) is 135 Å². The molecule has 0 spiro atoms. The molecule has 1 fully saturated rings. The minimum absolute atomic E-state index is 0.00435. The number of carbonyl (C=O) groups excluding carboxylic acids is 1. The largest absolute Gasteiger partial charge is 0.488 e. The van der Waals surface area contributed by atoms with Crippen molar-refractivity contribution in [3.05, 3.63) is 29.8 Å². The molecule has 0 amide bonds. The van der Waals surface area contributed by atoms with E-state index in [1.807, 2.05) is 6.07 Å². The van der Waals surface area contributed by atoms with E-state index in [-0.39, 0.29) is 23.6 Å². The molecule has 176 valence electrons. The zero-order valence-electron chi connectivity index (χ0n) is 20.6. The van der Waals surface area contributed by atoms with Gasteiger partial charge in [0.1, 0.15) is 17.5 Å². The van der Waals surface area contributed by atoms with Crippen LogP contribution in [0, 0.1) is 0 Å². The molecule has 1 aromatic rings. The Morgan fingerprint density at radius 2 is 1.58 bits per heavy atom. The number of rotatable bonds is 13. The van der Waals surface area contributed by atoms with E-state index in [4.69, 9.17) is 9.47 Å². The van der Waals surface area contributed by atoms with Crippen molar-refractivity contribution in [1.29, 1.82) is 0 Å². The van der Waals surface area contributed by atoms with E-state index in [1.54, 1.807) is 0 Å². The lowest BCUT2D eigenvalue weighted by Gasteiger charge is -2.32. The van der Waals surface area contributed by atoms with Crippen LogP contribution in [0.4, 0.5) is 0 Å². The fraction of sp³-hybridized carbons (Fsp3) is 0.750. The molecule has 3 heteroatoms. The van der Waals surface area contributed by atoms with Gasteiger partial charge in [0, 0.05) is 12.3 Å². The van der Waals surface area contributed by atoms with Gasteiger partial charge in [0.25, 0.3) is 0 Å². The van der Waals surface area contributed by atoms with E-state index in [1.165, 1.54) is 56.9 Å². The van der Waals surface area contributed by atoms with E-state index in [0.29, 0.717) is 6.42 Å². The summed E-state index contributed by atoms with van der Waals surface area (Å²) in [5, 5.41) is 0. The van der Waals surface area contributed by atoms with E-state index in [2.05, 4.69) is 45.9 Å². The van der Waals surface area contributed by atoms with Gasteiger partial charge in [0.05, 0.1) is 0 Å². The van der Waals surface area contributed by atoms with Gasteiger partial charge in [-0.1, -0.05) is 76.8 Å². The first kappa shape index (κ1) is 25.7. The summed E-state index contributed by atoms with van der Waals surface area (Å²) < 4.78 is 12.0. The second-order valence-electron chi connectivity index (χ2n) is 10.3. The number of esters is 1. The van der Waals surface area contributed by atoms with Crippen molar-refractivity contribution >= 4 is 5.97 Å². The lowest BCUT2D eigenvalue weighted by molar-refractivity contribution is -0.151. The first-order chi connectivity index (χ1) is 14.9. The summed E-state index contributed by atoms with van der Waals surface area (Å²) in [5.41, 5.74) is 1.02. The third-order valence-electron chi connectivity index (χ3n) is 6.18. The molecule has 0 N–H and O–H groups in total. The SMILES string of the molecule is CCCCCCCCCCCC(=O)O[C@@H]1CCCC[C@H]1c1cccc(OC(C)(C)C)c1. The second-order valence-corrected chi connectivity index (χ2v) is 10.3. The van der Waals surface area contributed by atoms with Gasteiger partial charge in [-0.2, -0.15) is 0 Å². The smallest absolute Gasteiger partial charge is 0.306 e. The maximum absolute atomic E-state index is 12.5. The van der Waals surface area contributed by atoms with Gasteiger partial charge in [-0.15, -0.1) is 0 Å². The maximum atomic E-state index is 12.5. The van der Waals surface area contributed by atoms with Crippen LogP contribution in [0.5, 0.6) is 5.75 Å². The standard InChI is InChI=1S/C28H46O3/c1-5-6-7-8-9-10-11-12-13-21-27(29)30-26-20-15-14-19-25(26)23-17-16-18-24(22-23)31-28(2,3)4/h16-18,22,25-26H,5-15,19-21H2,1-4H3/t25-,26+/m0/s1. The van der Waals surface area contributed by atoms with Gasteiger partial charge in [-0.05, 0) is 64.2 Å². The number of benzene rings is 1. The molecule has 2 atom stereocenters. The van der Waals surface area contributed by atoms with Crippen molar-refractivity contribution in [1.82, 2.24) is 0 Å². The lowest BCUT2D eigenvalue weighted by atomic mass is 9.81. The molecule has 1 aliphatic rings. The molecular formula is C28H46O3. The number of hydrogen-bond donors (Lipinski definition) is 0. The van der Waals surface area contributed by atoms with Gasteiger partial charge in [-0.3, -0.25) is 4.79 Å². The molecule has 0 saturated heterocycles. The molecule has 0 bridgehead atoms. The first-order valence-electron chi connectivity index (χ1n) is 12.9. The molecule has 31 heavy (non-hydrogen) atoms. The molecule has 0 aliphatic heterocycles. The molecule has 0 aromatic heterocycles. The molecule has 1 saturated carbocycles. The summed E-state index contributed by atoms with van der Waals surface area (Å²) in [7, 11) is 0. The molecule has 1 aliphatic carbocycles. The summed E-state index contributed by atoms with van der Waals surface area (Å²) in [5.74, 6) is 1.17. The van der Waals surface area contributed by atoms with Crippen molar-refractivity contribution in [2.24, 2.45) is 0 Å². The highest BCUT2D eigenvalue weighted by Gasteiger charge is 2.30. The Bertz CT molecular complexity index is 631. The number of hydrogen-bond acceptors (Lipinski definition) is 3. The van der Waals surface area contributed by atoms with Gasteiger partial charge < -0.3 is 9.47 Å². The van der Waals surface area contributed by atoms with Crippen molar-refractivity contribution in [2.75, 3.05) is 0 Å². The summed E-state index contributed by atoms with van der Waals surface area (Å²) >= 11 is 0. The Morgan fingerprint density at radius 1 is 0.935 bits per heavy atom. The van der Waals surface area contributed by atoms with Crippen LogP contribution in [0.2, 0.25) is 0 Å². The van der Waals surface area contributed by atoms with Gasteiger partial charge in [0.15, 0.2) is 0 Å². The van der Waals surface area contributed by atoms with Crippen LogP contribution in [-0.4, -0.2) is 17.7 Å². The number of unbranched alkanes of at least 4 members (excludes halogenated alkanes) is 8. The maximum Gasteiger partial charge on any atom is 0.306 e. The highest BCUT2D eigenvalue weighted by molar-refractivity contribution is 5.69. The van der Waals surface area contributed by atoms with Crippen LogP contribution in [-0.2, 0) is 9.53 Å². The Labute approximate surface area is 191 Å². The van der Waals surface area contributed by atoms with Crippen molar-refractivity contribution < 1.29 is 14.3 Å². The van der Waals surface area contributed by atoms with Gasteiger partial charge in [0.2, 0.25) is 0 Å². The zero-order valence-corrected chi connectivity index (χ0v) is 20.6. The predicted molar refractivity (Wildman–Crippen MR) is 130 cm³/mol. The first-order valence-corrected chi connectivity index (χ1v) is 12.9. The monoisotopic (exact) mass is 430 g/mol. The van der Waals surface area contributed by atoms with Gasteiger partial charge in [-0.25, -0.2) is 0 Å². The normalized spacial score (nSPS) is 19.2. The van der Waals surface area contributed by atoms with Gasteiger partial charge >= 0.3 is 5.97 Å². The Hall–Kier alpha value is -1.51. The highest BCUT2D eigenvalue weighted by Crippen LogP contribution is 2.37. The summed E-state index contributed by atoms with van der Waals surface area (Å²) in [4.78, 5) is 12.5. The average molecular weight is 431 g/mol. The van der Waals surface area contributed by atoms with E-state index in [9.17, 15) is 4.79 Å². The molecule has 2 rings (SSSR count). The second kappa shape index (κ2) is 13.8. The molecule has 3 nitrogen and oxygen atoms in total. The summed E-state index contributed by atoms with van der Waals surface area (Å²) in [6, 6.07) is 8.38. The topological polar surface area (TPSA) is 35.5 Å². The van der Waals surface area contributed by atoms with Crippen LogP contribution in [0.1, 0.15) is 129 Å². The van der Waals surface area contributed by atoms with Crippen LogP contribution in [0.25, 0.3) is 0 Å². The fourth-order valence-electron chi connectivity index (χ4n) is 4.59. The lowest BCUT2D eigenvalue weighted by Crippen LogP contribution is -2.29. The molecule has 0 heterocycles. The van der Waals surface area contributed by atoms with E-state index < -0.39 is 0 Å². The minimum atomic E-state index is -0.216. The quantitative estimate of drug-likeness (QED) is 0.233. The third-order valence-corrected chi connectivity index (χ3v) is 6.18. The van der Waals surface area contributed by atoms with E-state index >= 15 is 0 Å². The van der Waals surface area contributed by atoms with Crippen LogP contribution >= 0.6 is 0 Å². The van der Waals surface area contributed by atoms with E-state index in [0.717, 1.165) is 37.9 Å². The molecule has 1 aromatic carbocycles. The number of ether oxygens (including phenoxy) is 2. The third kappa shape index (κ3) is 10.6. The van der Waals surface area contributed by atoms with Crippen LogP contribution < -0.4 is 4.74 Å². The minimum Gasteiger partial charge on any atom is -0.488 e. The van der Waals surface area contributed by atoms with Crippen molar-refractivity contribution in [3.63, 3.8) is 0 Å². The van der Waals surface area contributed by atoms with Crippen molar-refractivity contribution in [3.8, 4) is 5.75 Å². The molecular weight excluding hydrogens is 384 g/mol. The zero-order chi connectivity index (χ0) is 22.5. The average Bonchev–Trinajstić information content (AvgIpc) is 2.72. The van der Waals surface area contributed by atoms with Crippen LogP contribution in [0.15, 0.2) is 24.3 Å². The molecule has 0 unspecified atom stereocenters. The summed E-state index contributed by atoms with van der Waals surface area (Å²) in [6.45, 7) is 8.46. The molecule has 0 radical (unpaired) electrons. The fourth-order valence-corrected chi connectivity index (χ4v) is 4.59. The van der Waals surface area contributed by atoms with Crippen LogP contribution in [0.3, 0.4) is 0 Å².